The molecule has 0 radical (unpaired) electrons. The molecule has 0 bridgehead atoms. The Labute approximate surface area is 143 Å². The minimum atomic E-state index is -0.497. The topological polar surface area (TPSA) is 111 Å². The zero-order chi connectivity index (χ0) is 18.0. The molecule has 0 aliphatic heterocycles. The minimum absolute atomic E-state index is 0.0480. The van der Waals surface area contributed by atoms with Gasteiger partial charge in [-0.1, -0.05) is 24.3 Å². The Morgan fingerprint density at radius 2 is 2.04 bits per heavy atom. The van der Waals surface area contributed by atoms with Crippen molar-refractivity contribution in [1.82, 2.24) is 4.98 Å². The van der Waals surface area contributed by atoms with Crippen LogP contribution in [0.5, 0.6) is 0 Å². The predicted octanol–water partition coefficient (Wildman–Crippen LogP) is 3.21. The number of nitro groups is 1. The SMILES string of the molecule is Cc1ccc([N+](=O)[O-])cc1NC(=O)Cc1ccc2cccc(N)c2n1. The Balaban J connectivity index is 1.80. The van der Waals surface area contributed by atoms with E-state index in [9.17, 15) is 14.9 Å². The second kappa shape index (κ2) is 6.56. The fourth-order valence-corrected chi connectivity index (χ4v) is 2.53. The number of anilines is 2. The number of carbonyl (C=O) groups is 1. The first kappa shape index (κ1) is 16.4. The Hall–Kier alpha value is -3.48. The van der Waals surface area contributed by atoms with Gasteiger partial charge in [-0.05, 0) is 24.6 Å². The van der Waals surface area contributed by atoms with Crippen molar-refractivity contribution in [2.45, 2.75) is 13.3 Å². The quantitative estimate of drug-likeness (QED) is 0.432. The lowest BCUT2D eigenvalue weighted by atomic mass is 10.1. The largest absolute Gasteiger partial charge is 0.397 e. The average Bonchev–Trinajstić information content (AvgIpc) is 2.57. The lowest BCUT2D eigenvalue weighted by Gasteiger charge is -2.09. The van der Waals surface area contributed by atoms with E-state index in [4.69, 9.17) is 5.73 Å². The number of nitrogens with two attached hydrogens (primary N) is 1. The van der Waals surface area contributed by atoms with Crippen molar-refractivity contribution in [3.8, 4) is 0 Å². The van der Waals surface area contributed by atoms with Crippen molar-refractivity contribution in [2.24, 2.45) is 0 Å². The van der Waals surface area contributed by atoms with Gasteiger partial charge in [0.1, 0.15) is 0 Å². The highest BCUT2D eigenvalue weighted by Gasteiger charge is 2.12. The number of carbonyl (C=O) groups excluding carboxylic acids is 1. The molecule has 0 spiro atoms. The van der Waals surface area contributed by atoms with Crippen LogP contribution >= 0.6 is 0 Å². The van der Waals surface area contributed by atoms with Crippen LogP contribution in [0.3, 0.4) is 0 Å². The number of nitrogens with zero attached hydrogens (tertiary/aromatic N) is 2. The molecule has 0 aliphatic carbocycles. The predicted molar refractivity (Wildman–Crippen MR) is 96.3 cm³/mol. The highest BCUT2D eigenvalue weighted by molar-refractivity contribution is 5.94. The Morgan fingerprint density at radius 1 is 1.24 bits per heavy atom. The van der Waals surface area contributed by atoms with Crippen LogP contribution in [0.1, 0.15) is 11.3 Å². The first-order valence-electron chi connectivity index (χ1n) is 7.63. The number of aromatic nitrogens is 1. The van der Waals surface area contributed by atoms with Gasteiger partial charge < -0.3 is 11.1 Å². The van der Waals surface area contributed by atoms with Gasteiger partial charge in [0.05, 0.1) is 33.9 Å². The minimum Gasteiger partial charge on any atom is -0.397 e. The van der Waals surface area contributed by atoms with E-state index in [-0.39, 0.29) is 18.0 Å². The fraction of sp³-hybridized carbons (Fsp3) is 0.111. The summed E-state index contributed by atoms with van der Waals surface area (Å²) in [5, 5.41) is 14.5. The zero-order valence-electron chi connectivity index (χ0n) is 13.5. The van der Waals surface area contributed by atoms with E-state index in [1.807, 2.05) is 18.2 Å². The number of nitrogen functional groups attached to an aromatic ring is 1. The molecule has 0 fully saturated rings. The molecule has 25 heavy (non-hydrogen) atoms. The molecule has 0 atom stereocenters. The zero-order valence-corrected chi connectivity index (χ0v) is 13.5. The van der Waals surface area contributed by atoms with E-state index in [1.54, 1.807) is 25.1 Å². The summed E-state index contributed by atoms with van der Waals surface area (Å²) in [6.45, 7) is 1.77. The Morgan fingerprint density at radius 3 is 2.80 bits per heavy atom. The van der Waals surface area contributed by atoms with Crippen LogP contribution in [-0.4, -0.2) is 15.8 Å². The van der Waals surface area contributed by atoms with Crippen molar-refractivity contribution in [1.29, 1.82) is 0 Å². The number of amides is 1. The fourth-order valence-electron chi connectivity index (χ4n) is 2.53. The molecule has 7 heteroatoms. The molecule has 3 N–H and O–H groups in total. The van der Waals surface area contributed by atoms with E-state index in [0.29, 0.717) is 22.6 Å². The number of nitro benzene ring substituents is 1. The van der Waals surface area contributed by atoms with Crippen LogP contribution in [0.2, 0.25) is 0 Å². The summed E-state index contributed by atoms with van der Waals surface area (Å²) in [5.74, 6) is -0.301. The first-order chi connectivity index (χ1) is 11.9. The van der Waals surface area contributed by atoms with Gasteiger partial charge in [0.15, 0.2) is 0 Å². The molecule has 126 valence electrons. The number of rotatable bonds is 4. The van der Waals surface area contributed by atoms with Crippen molar-refractivity contribution < 1.29 is 9.72 Å². The number of para-hydroxylation sites is 1. The third kappa shape index (κ3) is 3.55. The summed E-state index contributed by atoms with van der Waals surface area (Å²) >= 11 is 0. The summed E-state index contributed by atoms with van der Waals surface area (Å²) in [4.78, 5) is 27.1. The van der Waals surface area contributed by atoms with Gasteiger partial charge >= 0.3 is 0 Å². The molecule has 0 aliphatic rings. The van der Waals surface area contributed by atoms with Crippen LogP contribution < -0.4 is 11.1 Å². The highest BCUT2D eigenvalue weighted by atomic mass is 16.6. The average molecular weight is 336 g/mol. The summed E-state index contributed by atoms with van der Waals surface area (Å²) < 4.78 is 0. The maximum Gasteiger partial charge on any atom is 0.271 e. The Bertz CT molecular complexity index is 985. The van der Waals surface area contributed by atoms with Crippen LogP contribution in [0, 0.1) is 17.0 Å². The van der Waals surface area contributed by atoms with E-state index in [1.165, 1.54) is 12.1 Å². The first-order valence-corrected chi connectivity index (χ1v) is 7.63. The molecule has 1 heterocycles. The van der Waals surface area contributed by atoms with Gasteiger partial charge in [-0.15, -0.1) is 0 Å². The number of hydrogen-bond donors (Lipinski definition) is 2. The van der Waals surface area contributed by atoms with Crippen LogP contribution in [0.15, 0.2) is 48.5 Å². The third-order valence-electron chi connectivity index (χ3n) is 3.86. The molecule has 3 rings (SSSR count). The number of nitrogens with one attached hydrogen (secondary N) is 1. The Kier molecular flexibility index (Phi) is 4.30. The van der Waals surface area contributed by atoms with Gasteiger partial charge in [-0.25, -0.2) is 0 Å². The van der Waals surface area contributed by atoms with Crippen LogP contribution in [-0.2, 0) is 11.2 Å². The molecule has 0 saturated heterocycles. The van der Waals surface area contributed by atoms with Gasteiger partial charge in [0.2, 0.25) is 5.91 Å². The van der Waals surface area contributed by atoms with Crippen molar-refractivity contribution in [3.63, 3.8) is 0 Å². The molecule has 7 nitrogen and oxygen atoms in total. The number of aryl methyl sites for hydroxylation is 1. The van der Waals surface area contributed by atoms with Gasteiger partial charge in [0, 0.05) is 17.5 Å². The van der Waals surface area contributed by atoms with Crippen LogP contribution in [0.25, 0.3) is 10.9 Å². The lowest BCUT2D eigenvalue weighted by Crippen LogP contribution is -2.16. The normalized spacial score (nSPS) is 10.6. The summed E-state index contributed by atoms with van der Waals surface area (Å²) in [6, 6.07) is 13.5. The van der Waals surface area contributed by atoms with Crippen molar-refractivity contribution in [3.05, 3.63) is 69.9 Å². The second-order valence-corrected chi connectivity index (χ2v) is 5.70. The number of benzene rings is 2. The number of hydrogen-bond acceptors (Lipinski definition) is 5. The lowest BCUT2D eigenvalue weighted by molar-refractivity contribution is -0.384. The smallest absolute Gasteiger partial charge is 0.271 e. The van der Waals surface area contributed by atoms with Gasteiger partial charge in [0.25, 0.3) is 5.69 Å². The maximum absolute atomic E-state index is 12.3. The number of non-ortho nitro benzene ring substituents is 1. The van der Waals surface area contributed by atoms with Crippen molar-refractivity contribution >= 4 is 33.9 Å². The monoisotopic (exact) mass is 336 g/mol. The molecule has 1 aromatic heterocycles. The van der Waals surface area contributed by atoms with E-state index in [0.717, 1.165) is 10.9 Å². The summed E-state index contributed by atoms with van der Waals surface area (Å²) in [6.07, 6.45) is 0.0480. The van der Waals surface area contributed by atoms with E-state index in [2.05, 4.69) is 10.3 Å². The molecule has 0 unspecified atom stereocenters. The molecule has 1 amide bonds. The standard InChI is InChI=1S/C18H16N4O3/c1-11-5-8-14(22(24)25)10-16(11)21-17(23)9-13-7-6-12-3-2-4-15(19)18(12)20-13/h2-8,10H,9,19H2,1H3,(H,21,23). The molecule has 3 aromatic rings. The highest BCUT2D eigenvalue weighted by Crippen LogP contribution is 2.22. The van der Waals surface area contributed by atoms with Gasteiger partial charge in [-0.2, -0.15) is 0 Å². The molecule has 0 saturated carbocycles. The molecule has 2 aromatic carbocycles. The molecular weight excluding hydrogens is 320 g/mol. The summed E-state index contributed by atoms with van der Waals surface area (Å²) in [7, 11) is 0. The molecular formula is C18H16N4O3. The summed E-state index contributed by atoms with van der Waals surface area (Å²) in [5.41, 5.74) is 8.78. The number of fused-ring (bicyclic) bond motifs is 1. The van der Waals surface area contributed by atoms with E-state index < -0.39 is 4.92 Å². The van der Waals surface area contributed by atoms with Gasteiger partial charge in [-0.3, -0.25) is 19.9 Å². The van der Waals surface area contributed by atoms with E-state index >= 15 is 0 Å². The van der Waals surface area contributed by atoms with Crippen LogP contribution in [0.4, 0.5) is 17.1 Å². The third-order valence-corrected chi connectivity index (χ3v) is 3.86. The number of pyridine rings is 1. The second-order valence-electron chi connectivity index (χ2n) is 5.70. The maximum atomic E-state index is 12.3. The van der Waals surface area contributed by atoms with Crippen molar-refractivity contribution in [2.75, 3.05) is 11.1 Å².